The van der Waals surface area contributed by atoms with Crippen LogP contribution in [0.1, 0.15) is 24.4 Å². The fraction of sp³-hybridized carbons (Fsp3) is 0.267. The molecular formula is C15H14F3N3O2S. The van der Waals surface area contributed by atoms with E-state index in [-0.39, 0.29) is 22.6 Å². The van der Waals surface area contributed by atoms with Crippen LogP contribution in [0.15, 0.2) is 30.3 Å². The van der Waals surface area contributed by atoms with Crippen molar-refractivity contribution in [3.05, 3.63) is 40.9 Å². The van der Waals surface area contributed by atoms with Gasteiger partial charge in [0.05, 0.1) is 6.10 Å². The van der Waals surface area contributed by atoms with Crippen LogP contribution in [0.4, 0.5) is 18.3 Å². The van der Waals surface area contributed by atoms with Gasteiger partial charge in [0.15, 0.2) is 0 Å². The van der Waals surface area contributed by atoms with Crippen molar-refractivity contribution in [1.29, 1.82) is 0 Å². The second kappa shape index (κ2) is 7.43. The largest absolute Gasteiger partial charge is 0.491 e. The Morgan fingerprint density at radius 2 is 1.92 bits per heavy atom. The molecule has 5 nitrogen and oxygen atoms in total. The topological polar surface area (TPSA) is 64.1 Å². The summed E-state index contributed by atoms with van der Waals surface area (Å²) >= 11 is 0.268. The molecule has 0 atom stereocenters. The third-order valence-corrected chi connectivity index (χ3v) is 3.46. The number of benzene rings is 1. The maximum atomic E-state index is 12.4. The Kier molecular flexibility index (Phi) is 5.55. The molecule has 1 amide bonds. The lowest BCUT2D eigenvalue weighted by Crippen LogP contribution is -2.07. The van der Waals surface area contributed by atoms with E-state index >= 15 is 0 Å². The molecule has 0 fully saturated rings. The van der Waals surface area contributed by atoms with E-state index < -0.39 is 17.1 Å². The van der Waals surface area contributed by atoms with Crippen LogP contribution >= 0.6 is 11.3 Å². The Balaban J connectivity index is 1.94. The molecule has 0 aliphatic carbocycles. The van der Waals surface area contributed by atoms with Crippen molar-refractivity contribution in [2.24, 2.45) is 0 Å². The Bertz CT molecular complexity index is 724. The molecule has 9 heteroatoms. The third-order valence-electron chi connectivity index (χ3n) is 2.58. The van der Waals surface area contributed by atoms with Gasteiger partial charge in [-0.1, -0.05) is 23.5 Å². The summed E-state index contributed by atoms with van der Waals surface area (Å²) in [6.07, 6.45) is -1.78. The molecule has 0 unspecified atom stereocenters. The monoisotopic (exact) mass is 357 g/mol. The van der Waals surface area contributed by atoms with Crippen LogP contribution in [0.3, 0.4) is 0 Å². The summed E-state index contributed by atoms with van der Waals surface area (Å²) < 4.78 is 42.7. The van der Waals surface area contributed by atoms with Crippen LogP contribution in [0.5, 0.6) is 5.75 Å². The van der Waals surface area contributed by atoms with E-state index in [0.717, 1.165) is 5.56 Å². The van der Waals surface area contributed by atoms with Gasteiger partial charge in [0.25, 0.3) is 0 Å². The van der Waals surface area contributed by atoms with Gasteiger partial charge in [-0.05, 0) is 37.6 Å². The van der Waals surface area contributed by atoms with Gasteiger partial charge in [0, 0.05) is 6.08 Å². The summed E-state index contributed by atoms with van der Waals surface area (Å²) in [6.45, 7) is 3.83. The molecule has 1 aromatic heterocycles. The maximum absolute atomic E-state index is 12.4. The molecule has 0 spiro atoms. The van der Waals surface area contributed by atoms with E-state index in [1.807, 2.05) is 13.8 Å². The first-order valence-corrected chi connectivity index (χ1v) is 7.72. The summed E-state index contributed by atoms with van der Waals surface area (Å²) in [5.41, 5.74) is 0.745. The molecule has 1 aromatic carbocycles. The fourth-order valence-electron chi connectivity index (χ4n) is 1.64. The van der Waals surface area contributed by atoms with Gasteiger partial charge in [-0.15, -0.1) is 10.2 Å². The second-order valence-electron chi connectivity index (χ2n) is 4.97. The Hall–Kier alpha value is -2.42. The van der Waals surface area contributed by atoms with Crippen molar-refractivity contribution >= 4 is 28.5 Å². The van der Waals surface area contributed by atoms with Crippen molar-refractivity contribution in [2.75, 3.05) is 5.32 Å². The van der Waals surface area contributed by atoms with Crippen molar-refractivity contribution in [3.63, 3.8) is 0 Å². The van der Waals surface area contributed by atoms with Gasteiger partial charge in [-0.2, -0.15) is 13.2 Å². The Morgan fingerprint density at radius 3 is 2.46 bits per heavy atom. The Morgan fingerprint density at radius 1 is 1.25 bits per heavy atom. The van der Waals surface area contributed by atoms with E-state index in [9.17, 15) is 18.0 Å². The zero-order chi connectivity index (χ0) is 17.7. The highest BCUT2D eigenvalue weighted by molar-refractivity contribution is 7.15. The second-order valence-corrected chi connectivity index (χ2v) is 5.95. The molecule has 1 N–H and O–H groups in total. The molecule has 24 heavy (non-hydrogen) atoms. The summed E-state index contributed by atoms with van der Waals surface area (Å²) in [7, 11) is 0. The van der Waals surface area contributed by atoms with E-state index in [4.69, 9.17) is 4.74 Å². The van der Waals surface area contributed by atoms with Crippen LogP contribution in [0.25, 0.3) is 6.08 Å². The number of anilines is 1. The van der Waals surface area contributed by atoms with Crippen molar-refractivity contribution in [2.45, 2.75) is 26.1 Å². The Labute approximate surface area is 140 Å². The first kappa shape index (κ1) is 17.9. The molecule has 128 valence electrons. The minimum Gasteiger partial charge on any atom is -0.491 e. The zero-order valence-electron chi connectivity index (χ0n) is 12.8. The van der Waals surface area contributed by atoms with Crippen LogP contribution in [-0.2, 0) is 11.0 Å². The fourth-order valence-corrected chi connectivity index (χ4v) is 2.25. The normalized spacial score (nSPS) is 11.9. The highest BCUT2D eigenvalue weighted by atomic mass is 32.1. The first-order valence-electron chi connectivity index (χ1n) is 6.90. The van der Waals surface area contributed by atoms with Gasteiger partial charge >= 0.3 is 6.18 Å². The van der Waals surface area contributed by atoms with Crippen molar-refractivity contribution in [3.8, 4) is 5.75 Å². The molecule has 0 bridgehead atoms. The molecule has 0 radical (unpaired) electrons. The average molecular weight is 357 g/mol. The van der Waals surface area contributed by atoms with Gasteiger partial charge in [0.1, 0.15) is 5.75 Å². The third kappa shape index (κ3) is 5.34. The molecule has 2 rings (SSSR count). The standard InChI is InChI=1S/C15H14F3N3O2S/c1-9(2)23-11-6-3-10(4-7-11)5-8-12(22)19-14-21-20-13(24-14)15(16,17)18/h3-9H,1-2H3,(H,19,21,22). The predicted molar refractivity (Wildman–Crippen MR) is 84.8 cm³/mol. The average Bonchev–Trinajstić information content (AvgIpc) is 2.94. The molecule has 1 heterocycles. The predicted octanol–water partition coefficient (Wildman–Crippen LogP) is 4.00. The zero-order valence-corrected chi connectivity index (χ0v) is 13.6. The molecule has 0 saturated heterocycles. The van der Waals surface area contributed by atoms with E-state index in [2.05, 4.69) is 15.5 Å². The number of amides is 1. The number of aromatic nitrogens is 2. The van der Waals surface area contributed by atoms with Crippen molar-refractivity contribution in [1.82, 2.24) is 10.2 Å². The number of nitrogens with zero attached hydrogens (tertiary/aromatic N) is 2. The van der Waals surface area contributed by atoms with Gasteiger partial charge in [0.2, 0.25) is 16.0 Å². The summed E-state index contributed by atoms with van der Waals surface area (Å²) in [6, 6.07) is 7.04. The SMILES string of the molecule is CC(C)Oc1ccc(C=CC(=O)Nc2nnc(C(F)(F)F)s2)cc1. The number of hydrogen-bond donors (Lipinski definition) is 1. The minimum atomic E-state index is -4.57. The van der Waals surface area contributed by atoms with E-state index in [1.165, 1.54) is 12.2 Å². The lowest BCUT2D eigenvalue weighted by molar-refractivity contribution is -0.138. The number of carbonyl (C=O) groups is 1. The van der Waals surface area contributed by atoms with Gasteiger partial charge in [-0.25, -0.2) is 0 Å². The van der Waals surface area contributed by atoms with Crippen LogP contribution in [0.2, 0.25) is 0 Å². The number of hydrogen-bond acceptors (Lipinski definition) is 5. The van der Waals surface area contributed by atoms with E-state index in [0.29, 0.717) is 5.75 Å². The summed E-state index contributed by atoms with van der Waals surface area (Å²) in [5, 5.41) is 7.18. The summed E-state index contributed by atoms with van der Waals surface area (Å²) in [5.74, 6) is 0.113. The first-order chi connectivity index (χ1) is 11.2. The molecule has 0 aliphatic rings. The number of rotatable bonds is 5. The van der Waals surface area contributed by atoms with Crippen molar-refractivity contribution < 1.29 is 22.7 Å². The lowest BCUT2D eigenvalue weighted by Gasteiger charge is -2.09. The number of ether oxygens (including phenoxy) is 1. The smallest absolute Gasteiger partial charge is 0.445 e. The molecular weight excluding hydrogens is 343 g/mol. The highest BCUT2D eigenvalue weighted by Crippen LogP contribution is 2.32. The number of nitrogens with one attached hydrogen (secondary N) is 1. The number of halogens is 3. The summed E-state index contributed by atoms with van der Waals surface area (Å²) in [4.78, 5) is 11.7. The lowest BCUT2D eigenvalue weighted by atomic mass is 10.2. The van der Waals surface area contributed by atoms with E-state index in [1.54, 1.807) is 24.3 Å². The van der Waals surface area contributed by atoms with Gasteiger partial charge < -0.3 is 4.74 Å². The minimum absolute atomic E-state index is 0.0608. The molecule has 0 aliphatic heterocycles. The quantitative estimate of drug-likeness (QED) is 0.822. The van der Waals surface area contributed by atoms with Crippen LogP contribution in [-0.4, -0.2) is 22.2 Å². The highest BCUT2D eigenvalue weighted by Gasteiger charge is 2.35. The molecule has 0 saturated carbocycles. The number of carbonyl (C=O) groups excluding carboxylic acids is 1. The number of alkyl halides is 3. The molecule has 2 aromatic rings. The maximum Gasteiger partial charge on any atom is 0.445 e. The van der Waals surface area contributed by atoms with Gasteiger partial charge in [-0.3, -0.25) is 10.1 Å². The van der Waals surface area contributed by atoms with Crippen LogP contribution in [0, 0.1) is 0 Å². The van der Waals surface area contributed by atoms with Crippen LogP contribution < -0.4 is 10.1 Å².